The van der Waals surface area contributed by atoms with Crippen molar-refractivity contribution in [3.63, 3.8) is 0 Å². The number of carbonyl (C=O) groups is 2. The lowest BCUT2D eigenvalue weighted by Crippen LogP contribution is -2.43. The number of halogens is 1. The second-order valence-corrected chi connectivity index (χ2v) is 8.30. The Bertz CT molecular complexity index is 667. The van der Waals surface area contributed by atoms with Gasteiger partial charge in [-0.3, -0.25) is 0 Å². The van der Waals surface area contributed by atoms with Gasteiger partial charge in [0.1, 0.15) is 23.6 Å². The van der Waals surface area contributed by atoms with Crippen LogP contribution in [0.25, 0.3) is 0 Å². The van der Waals surface area contributed by atoms with Crippen LogP contribution < -0.4 is 5.32 Å². The molecule has 0 spiro atoms. The van der Waals surface area contributed by atoms with Crippen LogP contribution >= 0.6 is 0 Å². The molecule has 0 aliphatic carbocycles. The summed E-state index contributed by atoms with van der Waals surface area (Å²) < 4.78 is 25.1. The molecule has 0 bridgehead atoms. The maximum atomic E-state index is 14.4. The summed E-state index contributed by atoms with van der Waals surface area (Å²) >= 11 is 0. The Labute approximate surface area is 161 Å². The molecule has 1 aromatic carbocycles. The molecule has 3 atom stereocenters. The number of hydrogen-bond acceptors (Lipinski definition) is 4. The monoisotopic (exact) mass is 381 g/mol. The minimum Gasteiger partial charge on any atom is -0.460 e. The Kier molecular flexibility index (Phi) is 7.81. The number of hydrogen-bond donors (Lipinski definition) is 1. The lowest BCUT2D eigenvalue weighted by molar-refractivity contribution is -0.152. The summed E-state index contributed by atoms with van der Waals surface area (Å²) in [6, 6.07) is 4.18. The largest absolute Gasteiger partial charge is 0.460 e. The summed E-state index contributed by atoms with van der Waals surface area (Å²) in [5, 5.41) is 2.46. The standard InChI is InChI=1S/C21H32FNO4/c1-12(2)18(16-10-9-13(3)11-17(16)22)15(5)26-19(24)14(4)23-20(25)27-21(6,7)8/h9-12,14-15,18H,1-8H3,(H,23,25)/t14-,15-,18-/m0/s1. The highest BCUT2D eigenvalue weighted by molar-refractivity contribution is 5.81. The molecular weight excluding hydrogens is 349 g/mol. The van der Waals surface area contributed by atoms with Gasteiger partial charge in [-0.2, -0.15) is 0 Å². The normalized spacial score (nSPS) is 15.0. The quantitative estimate of drug-likeness (QED) is 0.724. The number of ether oxygens (including phenoxy) is 2. The van der Waals surface area contributed by atoms with E-state index in [-0.39, 0.29) is 17.7 Å². The van der Waals surface area contributed by atoms with Crippen LogP contribution in [0.1, 0.15) is 65.5 Å². The molecule has 27 heavy (non-hydrogen) atoms. The van der Waals surface area contributed by atoms with Crippen molar-refractivity contribution in [1.82, 2.24) is 5.32 Å². The Morgan fingerprint density at radius 1 is 1.11 bits per heavy atom. The molecule has 5 nitrogen and oxygen atoms in total. The Balaban J connectivity index is 2.82. The summed E-state index contributed by atoms with van der Waals surface area (Å²) in [4.78, 5) is 24.2. The number of benzene rings is 1. The highest BCUT2D eigenvalue weighted by Gasteiger charge is 2.30. The van der Waals surface area contributed by atoms with Crippen molar-refractivity contribution >= 4 is 12.1 Å². The van der Waals surface area contributed by atoms with Gasteiger partial charge in [-0.1, -0.05) is 26.0 Å². The third-order valence-electron chi connectivity index (χ3n) is 4.13. The first-order chi connectivity index (χ1) is 12.3. The van der Waals surface area contributed by atoms with Gasteiger partial charge in [0.05, 0.1) is 0 Å². The van der Waals surface area contributed by atoms with Crippen molar-refractivity contribution in [2.24, 2.45) is 5.92 Å². The van der Waals surface area contributed by atoms with Crippen molar-refractivity contribution in [2.75, 3.05) is 0 Å². The molecule has 0 aliphatic heterocycles. The molecule has 0 unspecified atom stereocenters. The van der Waals surface area contributed by atoms with E-state index in [1.807, 2.05) is 26.8 Å². The third kappa shape index (κ3) is 7.19. The highest BCUT2D eigenvalue weighted by atomic mass is 19.1. The van der Waals surface area contributed by atoms with E-state index in [1.165, 1.54) is 13.0 Å². The number of carbonyl (C=O) groups excluding carboxylic acids is 2. The molecule has 1 rings (SSSR count). The molecule has 0 saturated heterocycles. The fourth-order valence-electron chi connectivity index (χ4n) is 2.96. The summed E-state index contributed by atoms with van der Waals surface area (Å²) in [6.45, 7) is 14.2. The molecule has 1 N–H and O–H groups in total. The Morgan fingerprint density at radius 2 is 1.70 bits per heavy atom. The molecule has 0 aromatic heterocycles. The molecule has 1 aromatic rings. The number of aryl methyl sites for hydroxylation is 1. The van der Waals surface area contributed by atoms with E-state index < -0.39 is 29.8 Å². The zero-order chi connectivity index (χ0) is 20.9. The minimum absolute atomic E-state index is 0.0547. The second kappa shape index (κ2) is 9.20. The van der Waals surface area contributed by atoms with Crippen LogP contribution in [0.4, 0.5) is 9.18 Å². The third-order valence-corrected chi connectivity index (χ3v) is 4.13. The van der Waals surface area contributed by atoms with E-state index in [0.717, 1.165) is 5.56 Å². The van der Waals surface area contributed by atoms with E-state index in [1.54, 1.807) is 33.8 Å². The molecule has 0 saturated carbocycles. The Hall–Kier alpha value is -2.11. The van der Waals surface area contributed by atoms with Crippen molar-refractivity contribution in [1.29, 1.82) is 0 Å². The maximum absolute atomic E-state index is 14.4. The van der Waals surface area contributed by atoms with Gasteiger partial charge in [0.15, 0.2) is 0 Å². The first-order valence-corrected chi connectivity index (χ1v) is 9.28. The molecular formula is C21H32FNO4. The highest BCUT2D eigenvalue weighted by Crippen LogP contribution is 2.32. The van der Waals surface area contributed by atoms with Gasteiger partial charge in [0, 0.05) is 5.92 Å². The summed E-state index contributed by atoms with van der Waals surface area (Å²) in [6.07, 6.45) is -1.25. The zero-order valence-corrected chi connectivity index (χ0v) is 17.6. The van der Waals surface area contributed by atoms with E-state index in [9.17, 15) is 14.0 Å². The van der Waals surface area contributed by atoms with E-state index in [4.69, 9.17) is 9.47 Å². The molecule has 0 heterocycles. The Morgan fingerprint density at radius 3 is 2.19 bits per heavy atom. The lowest BCUT2D eigenvalue weighted by atomic mass is 9.83. The SMILES string of the molecule is Cc1ccc([C@@H](C(C)C)[C@H](C)OC(=O)[C@H](C)NC(=O)OC(C)(C)C)c(F)c1. The number of esters is 1. The molecule has 6 heteroatoms. The van der Waals surface area contributed by atoms with Gasteiger partial charge in [0.2, 0.25) is 0 Å². The number of amides is 1. The van der Waals surface area contributed by atoms with Crippen molar-refractivity contribution in [3.8, 4) is 0 Å². The van der Waals surface area contributed by atoms with Gasteiger partial charge in [-0.15, -0.1) is 0 Å². The van der Waals surface area contributed by atoms with E-state index >= 15 is 0 Å². The van der Waals surface area contributed by atoms with Crippen molar-refractivity contribution in [3.05, 3.63) is 35.1 Å². The molecule has 0 aliphatic rings. The average molecular weight is 381 g/mol. The van der Waals surface area contributed by atoms with Crippen molar-refractivity contribution in [2.45, 2.75) is 79.1 Å². The van der Waals surface area contributed by atoms with Crippen LogP contribution in [0.5, 0.6) is 0 Å². The van der Waals surface area contributed by atoms with Crippen LogP contribution in [0, 0.1) is 18.7 Å². The van der Waals surface area contributed by atoms with Crippen LogP contribution in [-0.4, -0.2) is 29.8 Å². The van der Waals surface area contributed by atoms with Gasteiger partial charge in [-0.25, -0.2) is 14.0 Å². The van der Waals surface area contributed by atoms with E-state index in [0.29, 0.717) is 5.56 Å². The van der Waals surface area contributed by atoms with E-state index in [2.05, 4.69) is 5.32 Å². The van der Waals surface area contributed by atoms with Crippen LogP contribution in [0.3, 0.4) is 0 Å². The second-order valence-electron chi connectivity index (χ2n) is 8.30. The predicted octanol–water partition coefficient (Wildman–Crippen LogP) is 4.72. The lowest BCUT2D eigenvalue weighted by Gasteiger charge is -2.29. The first-order valence-electron chi connectivity index (χ1n) is 9.28. The summed E-state index contributed by atoms with van der Waals surface area (Å²) in [5.74, 6) is -1.15. The number of alkyl carbamates (subject to hydrolysis) is 1. The average Bonchev–Trinajstić information content (AvgIpc) is 2.47. The first kappa shape index (κ1) is 22.9. The maximum Gasteiger partial charge on any atom is 0.408 e. The van der Waals surface area contributed by atoms with Gasteiger partial charge in [-0.05, 0) is 64.7 Å². The van der Waals surface area contributed by atoms with Crippen molar-refractivity contribution < 1.29 is 23.5 Å². The molecule has 152 valence electrons. The molecule has 0 fully saturated rings. The predicted molar refractivity (Wildman–Crippen MR) is 103 cm³/mol. The smallest absolute Gasteiger partial charge is 0.408 e. The fraction of sp³-hybridized carbons (Fsp3) is 0.619. The number of rotatable bonds is 6. The van der Waals surface area contributed by atoms with Gasteiger partial charge < -0.3 is 14.8 Å². The van der Waals surface area contributed by atoms with Gasteiger partial charge in [0.25, 0.3) is 0 Å². The minimum atomic E-state index is -0.877. The zero-order valence-electron chi connectivity index (χ0n) is 17.6. The molecule has 1 amide bonds. The van der Waals surface area contributed by atoms with Crippen LogP contribution in [0.15, 0.2) is 18.2 Å². The topological polar surface area (TPSA) is 64.6 Å². The summed E-state index contributed by atoms with van der Waals surface area (Å²) in [5.41, 5.74) is 0.689. The van der Waals surface area contributed by atoms with Crippen LogP contribution in [-0.2, 0) is 14.3 Å². The fourth-order valence-corrected chi connectivity index (χ4v) is 2.96. The van der Waals surface area contributed by atoms with Crippen LogP contribution in [0.2, 0.25) is 0 Å². The molecule has 0 radical (unpaired) electrons. The summed E-state index contributed by atoms with van der Waals surface area (Å²) in [7, 11) is 0. The number of nitrogens with one attached hydrogen (secondary N) is 1. The van der Waals surface area contributed by atoms with Gasteiger partial charge >= 0.3 is 12.1 Å².